The van der Waals surface area contributed by atoms with Gasteiger partial charge in [-0.25, -0.2) is 4.98 Å². The van der Waals surface area contributed by atoms with Crippen molar-refractivity contribution in [2.45, 2.75) is 32.9 Å². The second kappa shape index (κ2) is 5.07. The molecule has 0 spiro atoms. The number of aryl methyl sites for hydroxylation is 1. The zero-order valence-corrected chi connectivity index (χ0v) is 11.3. The van der Waals surface area contributed by atoms with Crippen LogP contribution in [0.15, 0.2) is 18.2 Å². The van der Waals surface area contributed by atoms with Crippen molar-refractivity contribution in [1.82, 2.24) is 14.9 Å². The van der Waals surface area contributed by atoms with Gasteiger partial charge in [0.2, 0.25) is 0 Å². The Hall–Kier alpha value is -1.06. The fourth-order valence-corrected chi connectivity index (χ4v) is 2.20. The third kappa shape index (κ3) is 2.31. The molecule has 0 saturated carbocycles. The highest BCUT2D eigenvalue weighted by Crippen LogP contribution is 2.24. The molecule has 0 bridgehead atoms. The minimum atomic E-state index is 0.243. The first-order valence-electron chi connectivity index (χ1n) is 6.00. The molecule has 0 aliphatic heterocycles. The van der Waals surface area contributed by atoms with E-state index >= 15 is 0 Å². The van der Waals surface area contributed by atoms with Crippen LogP contribution in [-0.4, -0.2) is 16.6 Å². The molecule has 92 valence electrons. The van der Waals surface area contributed by atoms with E-state index in [0.717, 1.165) is 34.8 Å². The fourth-order valence-electron chi connectivity index (χ4n) is 2.03. The number of halogens is 1. The number of benzene rings is 1. The summed E-state index contributed by atoms with van der Waals surface area (Å²) >= 11 is 6.06. The van der Waals surface area contributed by atoms with Crippen LogP contribution in [0.1, 0.15) is 32.1 Å². The second-order valence-electron chi connectivity index (χ2n) is 4.27. The minimum Gasteiger partial charge on any atom is -0.327 e. The number of rotatable bonds is 4. The van der Waals surface area contributed by atoms with Crippen LogP contribution in [0.3, 0.4) is 0 Å². The molecule has 1 unspecified atom stereocenters. The van der Waals surface area contributed by atoms with Gasteiger partial charge >= 0.3 is 0 Å². The zero-order valence-electron chi connectivity index (χ0n) is 10.5. The van der Waals surface area contributed by atoms with E-state index in [1.807, 2.05) is 25.2 Å². The Morgan fingerprint density at radius 2 is 2.24 bits per heavy atom. The molecule has 1 aromatic heterocycles. The average Bonchev–Trinajstić information content (AvgIpc) is 2.67. The molecule has 0 fully saturated rings. The van der Waals surface area contributed by atoms with Crippen LogP contribution >= 0.6 is 11.6 Å². The van der Waals surface area contributed by atoms with Crippen molar-refractivity contribution < 1.29 is 0 Å². The first kappa shape index (κ1) is 12.4. The van der Waals surface area contributed by atoms with Gasteiger partial charge in [0.25, 0.3) is 0 Å². The highest BCUT2D eigenvalue weighted by atomic mass is 35.5. The third-order valence-electron chi connectivity index (χ3n) is 3.01. The van der Waals surface area contributed by atoms with Crippen molar-refractivity contribution in [2.75, 3.05) is 7.05 Å². The van der Waals surface area contributed by atoms with Crippen LogP contribution in [-0.2, 0) is 6.54 Å². The van der Waals surface area contributed by atoms with Crippen molar-refractivity contribution >= 4 is 22.6 Å². The van der Waals surface area contributed by atoms with E-state index in [9.17, 15) is 0 Å². The van der Waals surface area contributed by atoms with Gasteiger partial charge in [-0.05, 0) is 38.6 Å². The van der Waals surface area contributed by atoms with E-state index in [1.165, 1.54) is 0 Å². The number of fused-ring (bicyclic) bond motifs is 1. The Kier molecular flexibility index (Phi) is 3.69. The summed E-state index contributed by atoms with van der Waals surface area (Å²) in [5.74, 6) is 1.08. The predicted octanol–water partition coefficient (Wildman–Crippen LogP) is 3.38. The molecule has 0 aliphatic rings. The monoisotopic (exact) mass is 251 g/mol. The predicted molar refractivity (Wildman–Crippen MR) is 72.5 cm³/mol. The summed E-state index contributed by atoms with van der Waals surface area (Å²) < 4.78 is 2.25. The van der Waals surface area contributed by atoms with E-state index in [0.29, 0.717) is 0 Å². The van der Waals surface area contributed by atoms with E-state index in [-0.39, 0.29) is 6.04 Å². The molecule has 2 aromatic rings. The number of hydrogen-bond acceptors (Lipinski definition) is 2. The van der Waals surface area contributed by atoms with Gasteiger partial charge in [0.15, 0.2) is 0 Å². The molecule has 3 nitrogen and oxygen atoms in total. The lowest BCUT2D eigenvalue weighted by Crippen LogP contribution is -2.17. The standard InChI is InChI=1S/C13H18ClN3/c1-4-7-17-12-8-10(14)5-6-11(12)16-13(17)9(2)15-3/h5-6,8-9,15H,4,7H2,1-3H3. The van der Waals surface area contributed by atoms with Gasteiger partial charge in [-0.2, -0.15) is 0 Å². The Morgan fingerprint density at radius 3 is 2.88 bits per heavy atom. The molecule has 17 heavy (non-hydrogen) atoms. The maximum absolute atomic E-state index is 6.06. The summed E-state index contributed by atoms with van der Waals surface area (Å²) in [4.78, 5) is 4.68. The summed E-state index contributed by atoms with van der Waals surface area (Å²) in [7, 11) is 1.95. The summed E-state index contributed by atoms with van der Waals surface area (Å²) in [5, 5.41) is 4.00. The number of aromatic nitrogens is 2. The number of nitrogens with zero attached hydrogens (tertiary/aromatic N) is 2. The summed E-state index contributed by atoms with van der Waals surface area (Å²) in [5.41, 5.74) is 2.14. The van der Waals surface area contributed by atoms with Crippen molar-refractivity contribution in [3.63, 3.8) is 0 Å². The smallest absolute Gasteiger partial charge is 0.126 e. The van der Waals surface area contributed by atoms with Crippen LogP contribution < -0.4 is 5.32 Å². The van der Waals surface area contributed by atoms with E-state index in [4.69, 9.17) is 11.6 Å². The molecule has 2 rings (SSSR count). The highest BCUT2D eigenvalue weighted by Gasteiger charge is 2.14. The molecule has 0 aliphatic carbocycles. The van der Waals surface area contributed by atoms with E-state index in [1.54, 1.807) is 0 Å². The zero-order chi connectivity index (χ0) is 12.4. The van der Waals surface area contributed by atoms with Gasteiger partial charge in [-0.15, -0.1) is 0 Å². The first-order valence-corrected chi connectivity index (χ1v) is 6.38. The molecule has 1 aromatic carbocycles. The van der Waals surface area contributed by atoms with Crippen molar-refractivity contribution in [1.29, 1.82) is 0 Å². The van der Waals surface area contributed by atoms with Crippen molar-refractivity contribution in [3.05, 3.63) is 29.0 Å². The van der Waals surface area contributed by atoms with Crippen LogP contribution in [0.25, 0.3) is 11.0 Å². The van der Waals surface area contributed by atoms with Crippen LogP contribution in [0, 0.1) is 0 Å². The molecule has 4 heteroatoms. The van der Waals surface area contributed by atoms with Crippen LogP contribution in [0.4, 0.5) is 0 Å². The van der Waals surface area contributed by atoms with Gasteiger partial charge in [0.1, 0.15) is 5.82 Å². The largest absolute Gasteiger partial charge is 0.327 e. The summed E-state index contributed by atoms with van der Waals surface area (Å²) in [6.45, 7) is 5.26. The topological polar surface area (TPSA) is 29.9 Å². The van der Waals surface area contributed by atoms with Gasteiger partial charge in [0.05, 0.1) is 17.1 Å². The Morgan fingerprint density at radius 1 is 1.47 bits per heavy atom. The van der Waals surface area contributed by atoms with Gasteiger partial charge < -0.3 is 9.88 Å². The first-order chi connectivity index (χ1) is 8.17. The number of nitrogens with one attached hydrogen (secondary N) is 1. The van der Waals surface area contributed by atoms with Gasteiger partial charge in [-0.1, -0.05) is 18.5 Å². The average molecular weight is 252 g/mol. The fraction of sp³-hybridized carbons (Fsp3) is 0.462. The molecule has 1 heterocycles. The lowest BCUT2D eigenvalue weighted by Gasteiger charge is -2.13. The second-order valence-corrected chi connectivity index (χ2v) is 4.70. The highest BCUT2D eigenvalue weighted by molar-refractivity contribution is 6.31. The van der Waals surface area contributed by atoms with Crippen molar-refractivity contribution in [3.8, 4) is 0 Å². The molecule has 0 saturated heterocycles. The lowest BCUT2D eigenvalue weighted by molar-refractivity contribution is 0.554. The van der Waals surface area contributed by atoms with E-state index < -0.39 is 0 Å². The third-order valence-corrected chi connectivity index (χ3v) is 3.24. The maximum atomic E-state index is 6.06. The molecular weight excluding hydrogens is 234 g/mol. The molecular formula is C13H18ClN3. The van der Waals surface area contributed by atoms with Gasteiger partial charge in [0, 0.05) is 11.6 Å². The molecule has 1 N–H and O–H groups in total. The number of imidazole rings is 1. The van der Waals surface area contributed by atoms with Crippen LogP contribution in [0.5, 0.6) is 0 Å². The lowest BCUT2D eigenvalue weighted by atomic mass is 10.3. The molecule has 0 radical (unpaired) electrons. The molecule has 0 amide bonds. The Balaban J connectivity index is 2.62. The van der Waals surface area contributed by atoms with Gasteiger partial charge in [-0.3, -0.25) is 0 Å². The SMILES string of the molecule is CCCn1c(C(C)NC)nc2ccc(Cl)cc21. The summed E-state index contributed by atoms with van der Waals surface area (Å²) in [6.07, 6.45) is 1.08. The minimum absolute atomic E-state index is 0.243. The van der Waals surface area contributed by atoms with Crippen molar-refractivity contribution in [2.24, 2.45) is 0 Å². The Bertz CT molecular complexity index is 519. The Labute approximate surface area is 107 Å². The van der Waals surface area contributed by atoms with E-state index in [2.05, 4.69) is 28.7 Å². The summed E-state index contributed by atoms with van der Waals surface area (Å²) in [6, 6.07) is 6.11. The molecule has 1 atom stereocenters. The normalized spacial score (nSPS) is 13.2. The quantitative estimate of drug-likeness (QED) is 0.903. The number of hydrogen-bond donors (Lipinski definition) is 1. The van der Waals surface area contributed by atoms with Crippen LogP contribution in [0.2, 0.25) is 5.02 Å². The maximum Gasteiger partial charge on any atom is 0.126 e.